The summed E-state index contributed by atoms with van der Waals surface area (Å²) < 4.78 is 15.7. The number of carbonyl (C=O) groups excluding carboxylic acids is 4. The molecule has 10 heteroatoms. The molecule has 0 unspecified atom stereocenters. The third kappa shape index (κ3) is 4.48. The van der Waals surface area contributed by atoms with E-state index in [9.17, 15) is 19.2 Å². The van der Waals surface area contributed by atoms with Crippen LogP contribution in [0.3, 0.4) is 0 Å². The highest BCUT2D eigenvalue weighted by molar-refractivity contribution is 9.10. The predicted molar refractivity (Wildman–Crippen MR) is 109 cm³/mol. The second-order valence-corrected chi connectivity index (χ2v) is 7.67. The fourth-order valence-corrected chi connectivity index (χ4v) is 3.89. The lowest BCUT2D eigenvalue weighted by atomic mass is 10.0. The highest BCUT2D eigenvalue weighted by Gasteiger charge is 2.40. The molecule has 0 atom stereocenters. The Morgan fingerprint density at radius 1 is 1.20 bits per heavy atom. The summed E-state index contributed by atoms with van der Waals surface area (Å²) in [7, 11) is 2.67. The van der Waals surface area contributed by atoms with Crippen molar-refractivity contribution in [1.29, 1.82) is 0 Å². The van der Waals surface area contributed by atoms with E-state index >= 15 is 0 Å². The minimum atomic E-state index is -0.754. The van der Waals surface area contributed by atoms with Crippen molar-refractivity contribution in [3.05, 3.63) is 27.7 Å². The summed E-state index contributed by atoms with van der Waals surface area (Å²) in [5.41, 5.74) is 0.323. The van der Waals surface area contributed by atoms with Crippen molar-refractivity contribution >= 4 is 45.8 Å². The third-order valence-corrected chi connectivity index (χ3v) is 5.67. The molecule has 30 heavy (non-hydrogen) atoms. The zero-order valence-corrected chi connectivity index (χ0v) is 18.1. The molecule has 0 radical (unpaired) electrons. The second kappa shape index (κ2) is 9.29. The Labute approximate surface area is 181 Å². The molecule has 1 heterocycles. The van der Waals surface area contributed by atoms with Gasteiger partial charge in [0.25, 0.3) is 11.8 Å². The zero-order chi connectivity index (χ0) is 21.8. The molecule has 0 bridgehead atoms. The molecule has 1 N–H and O–H groups in total. The van der Waals surface area contributed by atoms with Gasteiger partial charge in [-0.2, -0.15) is 0 Å². The number of amides is 4. The van der Waals surface area contributed by atoms with Gasteiger partial charge in [0, 0.05) is 10.5 Å². The number of benzene rings is 1. The summed E-state index contributed by atoms with van der Waals surface area (Å²) in [6.07, 6.45) is 4.71. The lowest BCUT2D eigenvalue weighted by Crippen LogP contribution is -2.57. The maximum atomic E-state index is 12.9. The molecular formula is C20H21BrN2O7. The van der Waals surface area contributed by atoms with Crippen molar-refractivity contribution in [1.82, 2.24) is 10.2 Å². The molecule has 2 fully saturated rings. The number of imide groups is 2. The van der Waals surface area contributed by atoms with Crippen molar-refractivity contribution < 1.29 is 33.4 Å². The second-order valence-electron chi connectivity index (χ2n) is 6.82. The number of hydrogen-bond acceptors (Lipinski definition) is 7. The van der Waals surface area contributed by atoms with E-state index < -0.39 is 23.8 Å². The fourth-order valence-electron chi connectivity index (χ4n) is 3.45. The smallest absolute Gasteiger partial charge is 0.343 e. The maximum absolute atomic E-state index is 12.9. The lowest BCUT2D eigenvalue weighted by molar-refractivity contribution is -0.143. The Morgan fingerprint density at radius 3 is 2.53 bits per heavy atom. The highest BCUT2D eigenvalue weighted by atomic mass is 79.9. The summed E-state index contributed by atoms with van der Waals surface area (Å²) in [6, 6.07) is 2.22. The van der Waals surface area contributed by atoms with Crippen molar-refractivity contribution in [3.8, 4) is 11.5 Å². The monoisotopic (exact) mass is 480 g/mol. The number of rotatable bonds is 6. The van der Waals surface area contributed by atoms with Gasteiger partial charge in [0.1, 0.15) is 5.57 Å². The van der Waals surface area contributed by atoms with Gasteiger partial charge in [-0.15, -0.1) is 0 Å². The topological polar surface area (TPSA) is 111 Å². The first-order valence-corrected chi connectivity index (χ1v) is 10.1. The third-order valence-electron chi connectivity index (χ3n) is 4.98. The average Bonchev–Trinajstić information content (AvgIpc) is 3.24. The zero-order valence-electron chi connectivity index (χ0n) is 16.5. The summed E-state index contributed by atoms with van der Waals surface area (Å²) in [5, 5.41) is 2.24. The number of hydrogen-bond donors (Lipinski definition) is 1. The molecular weight excluding hydrogens is 460 g/mol. The van der Waals surface area contributed by atoms with Gasteiger partial charge in [-0.1, -0.05) is 28.8 Å². The van der Waals surface area contributed by atoms with E-state index in [-0.39, 0.29) is 24.0 Å². The molecule has 1 aromatic rings. The lowest BCUT2D eigenvalue weighted by Gasteiger charge is -2.31. The minimum Gasteiger partial charge on any atom is -0.493 e. The first kappa shape index (κ1) is 21.8. The Bertz CT molecular complexity index is 922. The van der Waals surface area contributed by atoms with E-state index in [1.807, 2.05) is 0 Å². The maximum Gasteiger partial charge on any atom is 0.343 e. The van der Waals surface area contributed by atoms with Crippen LogP contribution in [0.5, 0.6) is 11.5 Å². The summed E-state index contributed by atoms with van der Waals surface area (Å²) >= 11 is 3.37. The van der Waals surface area contributed by atoms with Crippen molar-refractivity contribution in [2.45, 2.75) is 31.7 Å². The average molecular weight is 481 g/mol. The van der Waals surface area contributed by atoms with E-state index in [4.69, 9.17) is 9.47 Å². The van der Waals surface area contributed by atoms with Crippen LogP contribution in [-0.2, 0) is 19.1 Å². The Hall–Kier alpha value is -2.88. The van der Waals surface area contributed by atoms with Gasteiger partial charge in [0.15, 0.2) is 18.1 Å². The molecule has 160 valence electrons. The first-order chi connectivity index (χ1) is 14.3. The van der Waals surface area contributed by atoms with Crippen molar-refractivity contribution in [2.75, 3.05) is 20.8 Å². The molecule has 1 saturated carbocycles. The van der Waals surface area contributed by atoms with Gasteiger partial charge in [-0.05, 0) is 36.6 Å². The standard InChI is InChI=1S/C20H21BrN2O7/c1-28-15-8-11(14(21)9-16(15)30-10-17(24)29-2)7-13-18(25)22-20(27)23(19(13)26)12-5-3-4-6-12/h7-9,12H,3-6,10H2,1-2H3,(H,22,25,27)/b13-7+. The van der Waals surface area contributed by atoms with Crippen LogP contribution in [0.4, 0.5) is 4.79 Å². The number of urea groups is 1. The quantitative estimate of drug-likeness (QED) is 0.378. The van der Waals surface area contributed by atoms with Gasteiger partial charge < -0.3 is 14.2 Å². The Kier molecular flexibility index (Phi) is 6.76. The number of ether oxygens (including phenoxy) is 3. The molecule has 1 aliphatic heterocycles. The molecule has 3 rings (SSSR count). The number of barbiturate groups is 1. The Balaban J connectivity index is 1.92. The van der Waals surface area contributed by atoms with Gasteiger partial charge in [-0.25, -0.2) is 9.59 Å². The van der Waals surface area contributed by atoms with E-state index in [0.29, 0.717) is 15.8 Å². The largest absolute Gasteiger partial charge is 0.493 e. The summed E-state index contributed by atoms with van der Waals surface area (Å²) in [4.78, 5) is 50.0. The van der Waals surface area contributed by atoms with Crippen molar-refractivity contribution in [2.24, 2.45) is 0 Å². The first-order valence-electron chi connectivity index (χ1n) is 9.33. The van der Waals surface area contributed by atoms with Crippen LogP contribution in [0.1, 0.15) is 31.2 Å². The molecule has 1 aromatic carbocycles. The summed E-state index contributed by atoms with van der Waals surface area (Å²) in [6.45, 7) is -0.306. The molecule has 0 aromatic heterocycles. The van der Waals surface area contributed by atoms with Crippen LogP contribution in [0.25, 0.3) is 6.08 Å². The van der Waals surface area contributed by atoms with E-state index in [0.717, 1.165) is 30.6 Å². The van der Waals surface area contributed by atoms with Gasteiger partial charge in [-0.3, -0.25) is 19.8 Å². The van der Waals surface area contributed by atoms with Crippen LogP contribution >= 0.6 is 15.9 Å². The number of methoxy groups -OCH3 is 2. The number of halogens is 1. The summed E-state index contributed by atoms with van der Waals surface area (Å²) in [5.74, 6) is -1.36. The van der Waals surface area contributed by atoms with Gasteiger partial charge in [0.2, 0.25) is 0 Å². The normalized spacial score (nSPS) is 18.6. The minimum absolute atomic E-state index is 0.146. The fraction of sp³-hybridized carbons (Fsp3) is 0.400. The highest BCUT2D eigenvalue weighted by Crippen LogP contribution is 2.35. The number of nitrogens with zero attached hydrogens (tertiary/aromatic N) is 1. The van der Waals surface area contributed by atoms with Crippen LogP contribution in [-0.4, -0.2) is 55.6 Å². The molecule has 1 saturated heterocycles. The molecule has 0 spiro atoms. The Morgan fingerprint density at radius 2 is 1.90 bits per heavy atom. The van der Waals surface area contributed by atoms with Crippen LogP contribution in [0.2, 0.25) is 0 Å². The number of nitrogens with one attached hydrogen (secondary N) is 1. The molecule has 4 amide bonds. The van der Waals surface area contributed by atoms with E-state index in [2.05, 4.69) is 26.0 Å². The number of esters is 1. The van der Waals surface area contributed by atoms with Gasteiger partial charge in [0.05, 0.1) is 14.2 Å². The van der Waals surface area contributed by atoms with Crippen molar-refractivity contribution in [3.63, 3.8) is 0 Å². The SMILES string of the molecule is COC(=O)COc1cc(Br)c(/C=C2\C(=O)NC(=O)N(C3CCCC3)C2=O)cc1OC. The van der Waals surface area contributed by atoms with Crippen LogP contribution in [0, 0.1) is 0 Å². The van der Waals surface area contributed by atoms with E-state index in [1.165, 1.54) is 20.3 Å². The molecule has 9 nitrogen and oxygen atoms in total. The predicted octanol–water partition coefficient (Wildman–Crippen LogP) is 2.41. The van der Waals surface area contributed by atoms with Gasteiger partial charge >= 0.3 is 12.0 Å². The van der Waals surface area contributed by atoms with Crippen LogP contribution in [0.15, 0.2) is 22.2 Å². The molecule has 1 aliphatic carbocycles. The van der Waals surface area contributed by atoms with E-state index in [1.54, 1.807) is 12.1 Å². The number of carbonyl (C=O) groups is 4. The van der Waals surface area contributed by atoms with Crippen LogP contribution < -0.4 is 14.8 Å². The molecule has 2 aliphatic rings.